The summed E-state index contributed by atoms with van der Waals surface area (Å²) < 4.78 is 58.6. The molecule has 0 aliphatic carbocycles. The van der Waals surface area contributed by atoms with Crippen LogP contribution in [0.15, 0.2) is 23.1 Å². The summed E-state index contributed by atoms with van der Waals surface area (Å²) in [6, 6.07) is 2.54. The van der Waals surface area contributed by atoms with Gasteiger partial charge in [0.25, 0.3) is 0 Å². The lowest BCUT2D eigenvalue weighted by atomic mass is 9.98. The van der Waals surface area contributed by atoms with Crippen LogP contribution in [-0.4, -0.2) is 62.4 Å². The zero-order chi connectivity index (χ0) is 20.3. The molecule has 2 fully saturated rings. The molecule has 1 aromatic rings. The van der Waals surface area contributed by atoms with Gasteiger partial charge in [0.2, 0.25) is 10.0 Å². The Balaban J connectivity index is 1.56. The molecule has 2 heterocycles. The Morgan fingerprint density at radius 2 is 1.86 bits per heavy atom. The van der Waals surface area contributed by atoms with Gasteiger partial charge in [-0.25, -0.2) is 17.2 Å². The van der Waals surface area contributed by atoms with Gasteiger partial charge in [-0.15, -0.1) is 0 Å². The predicted molar refractivity (Wildman–Crippen MR) is 99.1 cm³/mol. The SMILES string of the molecule is CCN1CCCC(OC(=O)C2CCN(S(=O)(=O)c3ccc(F)c(F)c3)CC2)C1. The lowest BCUT2D eigenvalue weighted by molar-refractivity contribution is -0.157. The smallest absolute Gasteiger partial charge is 0.309 e. The summed E-state index contributed by atoms with van der Waals surface area (Å²) in [4.78, 5) is 14.4. The summed E-state index contributed by atoms with van der Waals surface area (Å²) in [6.07, 6.45) is 2.45. The fourth-order valence-electron chi connectivity index (χ4n) is 3.78. The molecule has 28 heavy (non-hydrogen) atoms. The van der Waals surface area contributed by atoms with Crippen LogP contribution in [-0.2, 0) is 19.6 Å². The highest BCUT2D eigenvalue weighted by Gasteiger charge is 2.34. The summed E-state index contributed by atoms with van der Waals surface area (Å²) in [5.74, 6) is -2.90. The number of carbonyl (C=O) groups excluding carboxylic acids is 1. The molecule has 0 amide bonds. The molecule has 156 valence electrons. The molecule has 0 radical (unpaired) electrons. The second-order valence-corrected chi connectivity index (χ2v) is 9.29. The van der Waals surface area contributed by atoms with E-state index in [9.17, 15) is 22.0 Å². The van der Waals surface area contributed by atoms with Crippen molar-refractivity contribution in [3.05, 3.63) is 29.8 Å². The van der Waals surface area contributed by atoms with E-state index in [1.807, 2.05) is 0 Å². The third-order valence-electron chi connectivity index (χ3n) is 5.51. The zero-order valence-electron chi connectivity index (χ0n) is 15.9. The number of halogens is 2. The van der Waals surface area contributed by atoms with Gasteiger partial charge < -0.3 is 4.74 Å². The third kappa shape index (κ3) is 4.69. The number of rotatable bonds is 5. The average Bonchev–Trinajstić information content (AvgIpc) is 2.70. The van der Waals surface area contributed by atoms with E-state index in [1.54, 1.807) is 0 Å². The van der Waals surface area contributed by atoms with Gasteiger partial charge in [0.15, 0.2) is 11.6 Å². The molecule has 6 nitrogen and oxygen atoms in total. The molecular weight excluding hydrogens is 390 g/mol. The number of likely N-dealkylation sites (N-methyl/N-ethyl adjacent to an activating group) is 1. The summed E-state index contributed by atoms with van der Waals surface area (Å²) in [5.41, 5.74) is 0. The van der Waals surface area contributed by atoms with Gasteiger partial charge in [0.1, 0.15) is 6.10 Å². The first-order chi connectivity index (χ1) is 13.3. The summed E-state index contributed by atoms with van der Waals surface area (Å²) in [7, 11) is -3.92. The molecule has 0 saturated carbocycles. The minimum atomic E-state index is -3.92. The summed E-state index contributed by atoms with van der Waals surface area (Å²) >= 11 is 0. The second-order valence-electron chi connectivity index (χ2n) is 7.35. The van der Waals surface area contributed by atoms with E-state index in [0.717, 1.165) is 44.6 Å². The number of hydrogen-bond acceptors (Lipinski definition) is 5. The van der Waals surface area contributed by atoms with Gasteiger partial charge >= 0.3 is 5.97 Å². The number of esters is 1. The van der Waals surface area contributed by atoms with Gasteiger partial charge in [-0.05, 0) is 57.0 Å². The topological polar surface area (TPSA) is 66.9 Å². The molecule has 0 spiro atoms. The summed E-state index contributed by atoms with van der Waals surface area (Å²) in [5, 5.41) is 0. The Kier molecular flexibility index (Phi) is 6.67. The number of sulfonamides is 1. The van der Waals surface area contributed by atoms with E-state index in [0.29, 0.717) is 18.9 Å². The fraction of sp³-hybridized carbons (Fsp3) is 0.632. The molecular formula is C19H26F2N2O4S. The van der Waals surface area contributed by atoms with Crippen LogP contribution in [0, 0.1) is 17.6 Å². The van der Waals surface area contributed by atoms with Crippen LogP contribution in [0.25, 0.3) is 0 Å². The molecule has 9 heteroatoms. The Hall–Kier alpha value is -1.58. The van der Waals surface area contributed by atoms with E-state index in [1.165, 1.54) is 4.31 Å². The summed E-state index contributed by atoms with van der Waals surface area (Å²) in [6.45, 7) is 5.05. The first-order valence-electron chi connectivity index (χ1n) is 9.69. The van der Waals surface area contributed by atoms with Crippen molar-refractivity contribution in [2.75, 3.05) is 32.7 Å². The van der Waals surface area contributed by atoms with E-state index >= 15 is 0 Å². The lowest BCUT2D eigenvalue weighted by Crippen LogP contribution is -2.43. The highest BCUT2D eigenvalue weighted by Crippen LogP contribution is 2.26. The number of hydrogen-bond donors (Lipinski definition) is 0. The maximum atomic E-state index is 13.4. The van der Waals surface area contributed by atoms with E-state index in [2.05, 4.69) is 11.8 Å². The molecule has 0 N–H and O–H groups in total. The van der Waals surface area contributed by atoms with Gasteiger partial charge in [-0.3, -0.25) is 9.69 Å². The average molecular weight is 416 g/mol. The molecule has 1 unspecified atom stereocenters. The van der Waals surface area contributed by atoms with Crippen molar-refractivity contribution < 1.29 is 26.7 Å². The first-order valence-corrected chi connectivity index (χ1v) is 11.1. The van der Waals surface area contributed by atoms with Gasteiger partial charge in [-0.1, -0.05) is 6.92 Å². The van der Waals surface area contributed by atoms with Crippen LogP contribution in [0.5, 0.6) is 0 Å². The van der Waals surface area contributed by atoms with Crippen molar-refractivity contribution in [3.8, 4) is 0 Å². The predicted octanol–water partition coefficient (Wildman–Crippen LogP) is 2.39. The normalized spacial score (nSPS) is 22.9. The second kappa shape index (κ2) is 8.84. The number of piperidine rings is 2. The van der Waals surface area contributed by atoms with Crippen LogP contribution < -0.4 is 0 Å². The first kappa shape index (κ1) is 21.1. The van der Waals surface area contributed by atoms with E-state index in [4.69, 9.17) is 4.74 Å². The molecule has 3 rings (SSSR count). The Morgan fingerprint density at radius 3 is 2.50 bits per heavy atom. The van der Waals surface area contributed by atoms with Crippen molar-refractivity contribution >= 4 is 16.0 Å². The number of likely N-dealkylation sites (tertiary alicyclic amines) is 1. The number of ether oxygens (including phenoxy) is 1. The lowest BCUT2D eigenvalue weighted by Gasteiger charge is -2.34. The molecule has 1 atom stereocenters. The molecule has 2 saturated heterocycles. The Labute approximate surface area is 164 Å². The van der Waals surface area contributed by atoms with E-state index < -0.39 is 21.7 Å². The van der Waals surface area contributed by atoms with Crippen molar-refractivity contribution in [1.82, 2.24) is 9.21 Å². The third-order valence-corrected chi connectivity index (χ3v) is 7.40. The fourth-order valence-corrected chi connectivity index (χ4v) is 5.26. The van der Waals surface area contributed by atoms with Gasteiger partial charge in [0, 0.05) is 19.6 Å². The Morgan fingerprint density at radius 1 is 1.14 bits per heavy atom. The van der Waals surface area contributed by atoms with Gasteiger partial charge in [0.05, 0.1) is 10.8 Å². The molecule has 2 aliphatic rings. The van der Waals surface area contributed by atoms with Crippen molar-refractivity contribution in [1.29, 1.82) is 0 Å². The minimum absolute atomic E-state index is 0.106. The molecule has 0 bridgehead atoms. The van der Waals surface area contributed by atoms with Crippen molar-refractivity contribution in [2.45, 2.75) is 43.6 Å². The van der Waals surface area contributed by atoms with Crippen molar-refractivity contribution in [2.24, 2.45) is 5.92 Å². The highest BCUT2D eigenvalue weighted by atomic mass is 32.2. The largest absolute Gasteiger partial charge is 0.461 e. The van der Waals surface area contributed by atoms with Gasteiger partial charge in [-0.2, -0.15) is 4.31 Å². The van der Waals surface area contributed by atoms with Crippen LogP contribution in [0.4, 0.5) is 8.78 Å². The molecule has 1 aromatic carbocycles. The van der Waals surface area contributed by atoms with Crippen LogP contribution >= 0.6 is 0 Å². The number of nitrogens with zero attached hydrogens (tertiary/aromatic N) is 2. The molecule has 2 aliphatic heterocycles. The van der Waals surface area contributed by atoms with Crippen LogP contribution in [0.2, 0.25) is 0 Å². The van der Waals surface area contributed by atoms with Crippen molar-refractivity contribution in [3.63, 3.8) is 0 Å². The number of carbonyl (C=O) groups is 1. The molecule has 0 aromatic heterocycles. The monoisotopic (exact) mass is 416 g/mol. The highest BCUT2D eigenvalue weighted by molar-refractivity contribution is 7.89. The standard InChI is InChI=1S/C19H26F2N2O4S/c1-2-22-9-3-4-15(13-22)27-19(24)14-7-10-23(11-8-14)28(25,26)16-5-6-17(20)18(21)12-16/h5-6,12,14-15H,2-4,7-11,13H2,1H3. The minimum Gasteiger partial charge on any atom is -0.461 e. The van der Waals surface area contributed by atoms with E-state index in [-0.39, 0.29) is 36.0 Å². The van der Waals surface area contributed by atoms with Crippen LogP contribution in [0.1, 0.15) is 32.6 Å². The van der Waals surface area contributed by atoms with Crippen LogP contribution in [0.3, 0.4) is 0 Å². The number of benzene rings is 1. The Bertz CT molecular complexity index is 810. The maximum Gasteiger partial charge on any atom is 0.309 e. The maximum absolute atomic E-state index is 13.4. The zero-order valence-corrected chi connectivity index (χ0v) is 16.8. The quantitative estimate of drug-likeness (QED) is 0.690.